The fraction of sp³-hybridized carbons (Fsp3) is 0.0909. The number of rotatable bonds is 2. The van der Waals surface area contributed by atoms with Crippen molar-refractivity contribution >= 4 is 11.6 Å². The number of pyridine rings is 2. The lowest BCUT2D eigenvalue weighted by molar-refractivity contribution is 0.787. The van der Waals surface area contributed by atoms with Crippen LogP contribution in [0.3, 0.4) is 0 Å². The van der Waals surface area contributed by atoms with Gasteiger partial charge >= 0.3 is 0 Å². The van der Waals surface area contributed by atoms with Gasteiger partial charge in [0.25, 0.3) is 0 Å². The molecule has 15 heavy (non-hydrogen) atoms. The van der Waals surface area contributed by atoms with E-state index in [9.17, 15) is 4.79 Å². The Morgan fingerprint density at radius 2 is 2.00 bits per heavy atom. The minimum Gasteiger partial charge on any atom is -0.350 e. The topological polar surface area (TPSA) is 34.9 Å². The second-order valence-corrected chi connectivity index (χ2v) is 3.58. The first kappa shape index (κ1) is 9.93. The van der Waals surface area contributed by atoms with Gasteiger partial charge in [0.15, 0.2) is 5.43 Å². The molecule has 3 nitrogen and oxygen atoms in total. The number of halogens is 1. The van der Waals surface area contributed by atoms with Crippen LogP contribution in [0.4, 0.5) is 0 Å². The first-order chi connectivity index (χ1) is 7.24. The summed E-state index contributed by atoms with van der Waals surface area (Å²) >= 11 is 5.77. The highest BCUT2D eigenvalue weighted by atomic mass is 35.5. The van der Waals surface area contributed by atoms with Gasteiger partial charge in [-0.25, -0.2) is 4.98 Å². The Balaban J connectivity index is 2.22. The van der Waals surface area contributed by atoms with Gasteiger partial charge in [0, 0.05) is 37.3 Å². The monoisotopic (exact) mass is 220 g/mol. The van der Waals surface area contributed by atoms with Gasteiger partial charge in [-0.1, -0.05) is 11.6 Å². The van der Waals surface area contributed by atoms with Crippen LogP contribution in [0.1, 0.15) is 5.56 Å². The molecule has 0 aliphatic rings. The highest BCUT2D eigenvalue weighted by Gasteiger charge is 1.95. The van der Waals surface area contributed by atoms with Crippen molar-refractivity contribution in [2.75, 3.05) is 0 Å². The van der Waals surface area contributed by atoms with Gasteiger partial charge in [0.05, 0.1) is 0 Å². The second-order valence-electron chi connectivity index (χ2n) is 3.19. The molecule has 76 valence electrons. The van der Waals surface area contributed by atoms with Crippen molar-refractivity contribution in [1.82, 2.24) is 9.55 Å². The van der Waals surface area contributed by atoms with E-state index >= 15 is 0 Å². The zero-order chi connectivity index (χ0) is 10.7. The first-order valence-electron chi connectivity index (χ1n) is 4.50. The third-order valence-corrected chi connectivity index (χ3v) is 2.22. The minimum atomic E-state index is 0.0130. The number of hydrogen-bond acceptors (Lipinski definition) is 2. The summed E-state index contributed by atoms with van der Waals surface area (Å²) in [5.41, 5.74) is 1.07. The van der Waals surface area contributed by atoms with Gasteiger partial charge in [0.2, 0.25) is 0 Å². The van der Waals surface area contributed by atoms with Crippen LogP contribution in [0.15, 0.2) is 47.7 Å². The lowest BCUT2D eigenvalue weighted by atomic mass is 10.2. The summed E-state index contributed by atoms with van der Waals surface area (Å²) in [5.74, 6) is 0. The van der Waals surface area contributed by atoms with E-state index in [1.54, 1.807) is 24.7 Å². The van der Waals surface area contributed by atoms with Crippen LogP contribution < -0.4 is 5.43 Å². The summed E-state index contributed by atoms with van der Waals surface area (Å²) in [4.78, 5) is 14.8. The molecule has 0 atom stereocenters. The third-order valence-electron chi connectivity index (χ3n) is 2.02. The number of hydrogen-bond donors (Lipinski definition) is 0. The molecule has 0 bridgehead atoms. The van der Waals surface area contributed by atoms with E-state index < -0.39 is 0 Å². The van der Waals surface area contributed by atoms with Gasteiger partial charge < -0.3 is 4.57 Å². The molecule has 2 heterocycles. The molecule has 0 radical (unpaired) electrons. The molecule has 0 aliphatic carbocycles. The molecule has 0 fully saturated rings. The highest BCUT2D eigenvalue weighted by molar-refractivity contribution is 6.29. The van der Waals surface area contributed by atoms with Gasteiger partial charge in [-0.15, -0.1) is 0 Å². The van der Waals surface area contributed by atoms with E-state index in [0.717, 1.165) is 5.56 Å². The number of nitrogens with zero attached hydrogens (tertiary/aromatic N) is 2. The average molecular weight is 221 g/mol. The predicted molar refractivity (Wildman–Crippen MR) is 59.1 cm³/mol. The summed E-state index contributed by atoms with van der Waals surface area (Å²) in [6.45, 7) is 0.683. The molecule has 2 aromatic rings. The Hall–Kier alpha value is -1.61. The van der Waals surface area contributed by atoms with Crippen molar-refractivity contribution in [3.05, 3.63) is 63.8 Å². The molecule has 2 aromatic heterocycles. The Labute approximate surface area is 92.0 Å². The molecule has 0 aliphatic heterocycles. The summed E-state index contributed by atoms with van der Waals surface area (Å²) in [6, 6.07) is 6.76. The second kappa shape index (κ2) is 4.28. The Morgan fingerprint density at radius 1 is 1.27 bits per heavy atom. The predicted octanol–water partition coefficient (Wildman–Crippen LogP) is 1.95. The summed E-state index contributed by atoms with van der Waals surface area (Å²) in [7, 11) is 0. The smallest absolute Gasteiger partial charge is 0.181 e. The van der Waals surface area contributed by atoms with Gasteiger partial charge in [-0.3, -0.25) is 4.79 Å². The van der Waals surface area contributed by atoms with Crippen LogP contribution in [0, 0.1) is 0 Å². The maximum Gasteiger partial charge on any atom is 0.181 e. The van der Waals surface area contributed by atoms with E-state index in [1.807, 2.05) is 10.6 Å². The van der Waals surface area contributed by atoms with E-state index in [2.05, 4.69) is 4.98 Å². The van der Waals surface area contributed by atoms with Crippen LogP contribution >= 0.6 is 11.6 Å². The fourth-order valence-corrected chi connectivity index (χ4v) is 1.50. The van der Waals surface area contributed by atoms with Gasteiger partial charge in [-0.05, 0) is 17.7 Å². The molecule has 0 spiro atoms. The van der Waals surface area contributed by atoms with E-state index in [4.69, 9.17) is 11.6 Å². The molecule has 0 saturated heterocycles. The maximum atomic E-state index is 10.9. The lowest BCUT2D eigenvalue weighted by Gasteiger charge is -2.05. The van der Waals surface area contributed by atoms with Crippen molar-refractivity contribution < 1.29 is 0 Å². The Bertz CT molecular complexity index is 501. The minimum absolute atomic E-state index is 0.0130. The Kier molecular flexibility index (Phi) is 2.83. The molecule has 2 rings (SSSR count). The molecule has 0 N–H and O–H groups in total. The Morgan fingerprint density at radius 3 is 2.67 bits per heavy atom. The van der Waals surface area contributed by atoms with Crippen molar-refractivity contribution in [3.8, 4) is 0 Å². The zero-order valence-electron chi connectivity index (χ0n) is 7.93. The molecule has 0 saturated carbocycles. The fourth-order valence-electron chi connectivity index (χ4n) is 1.30. The van der Waals surface area contributed by atoms with Crippen molar-refractivity contribution in [1.29, 1.82) is 0 Å². The van der Waals surface area contributed by atoms with Crippen LogP contribution in [0.25, 0.3) is 0 Å². The third kappa shape index (κ3) is 2.67. The quantitative estimate of drug-likeness (QED) is 0.725. The van der Waals surface area contributed by atoms with E-state index in [1.165, 1.54) is 12.1 Å². The molecule has 4 heteroatoms. The first-order valence-corrected chi connectivity index (χ1v) is 4.88. The zero-order valence-corrected chi connectivity index (χ0v) is 8.69. The lowest BCUT2D eigenvalue weighted by Crippen LogP contribution is -2.04. The van der Waals surface area contributed by atoms with E-state index in [0.29, 0.717) is 11.7 Å². The van der Waals surface area contributed by atoms with Crippen LogP contribution in [0.5, 0.6) is 0 Å². The molecule has 0 amide bonds. The van der Waals surface area contributed by atoms with Gasteiger partial charge in [-0.2, -0.15) is 0 Å². The van der Waals surface area contributed by atoms with Crippen molar-refractivity contribution in [2.45, 2.75) is 6.54 Å². The van der Waals surface area contributed by atoms with Crippen LogP contribution in [-0.2, 0) is 6.54 Å². The van der Waals surface area contributed by atoms with Crippen molar-refractivity contribution in [3.63, 3.8) is 0 Å². The van der Waals surface area contributed by atoms with Crippen molar-refractivity contribution in [2.24, 2.45) is 0 Å². The summed E-state index contributed by atoms with van der Waals surface area (Å²) < 4.78 is 1.91. The van der Waals surface area contributed by atoms with Crippen LogP contribution in [0.2, 0.25) is 5.15 Å². The molecule has 0 unspecified atom stereocenters. The molecule has 0 aromatic carbocycles. The summed E-state index contributed by atoms with van der Waals surface area (Å²) in [6.07, 6.45) is 5.16. The average Bonchev–Trinajstić information content (AvgIpc) is 2.22. The number of aromatic nitrogens is 2. The molecular weight excluding hydrogens is 212 g/mol. The maximum absolute atomic E-state index is 10.9. The van der Waals surface area contributed by atoms with Gasteiger partial charge in [0.1, 0.15) is 5.15 Å². The SMILES string of the molecule is O=c1ccn(Cc2ccnc(Cl)c2)cc1. The normalized spacial score (nSPS) is 10.2. The van der Waals surface area contributed by atoms with Crippen LogP contribution in [-0.4, -0.2) is 9.55 Å². The largest absolute Gasteiger partial charge is 0.350 e. The van der Waals surface area contributed by atoms with E-state index in [-0.39, 0.29) is 5.43 Å². The molecular formula is C11H9ClN2O. The standard InChI is InChI=1S/C11H9ClN2O/c12-11-7-9(1-4-13-11)8-14-5-2-10(15)3-6-14/h1-7H,8H2. The highest BCUT2D eigenvalue weighted by Crippen LogP contribution is 2.08. The summed E-state index contributed by atoms with van der Waals surface area (Å²) in [5, 5.41) is 0.480.